The summed E-state index contributed by atoms with van der Waals surface area (Å²) in [6.45, 7) is -0.402. The molecular weight excluding hydrogens is 256 g/mol. The minimum Gasteiger partial charge on any atom is -0.480 e. The van der Waals surface area contributed by atoms with Crippen molar-refractivity contribution in [3.05, 3.63) is 35.0 Å². The summed E-state index contributed by atoms with van der Waals surface area (Å²) < 4.78 is 1.70. The second-order valence-corrected chi connectivity index (χ2v) is 4.30. The molecule has 1 amide bonds. The highest BCUT2D eigenvalue weighted by atomic mass is 35.5. The second-order valence-electron chi connectivity index (χ2n) is 3.87. The van der Waals surface area contributed by atoms with E-state index in [4.69, 9.17) is 16.7 Å². The lowest BCUT2D eigenvalue weighted by molar-refractivity contribution is -0.135. The minimum atomic E-state index is -1.08. The molecule has 2 N–H and O–H groups in total. The first-order valence-electron chi connectivity index (χ1n) is 5.24. The molecule has 1 aromatic carbocycles. The van der Waals surface area contributed by atoms with Crippen LogP contribution in [0.3, 0.4) is 0 Å². The lowest BCUT2D eigenvalue weighted by Gasteiger charge is -2.04. The third-order valence-corrected chi connectivity index (χ3v) is 2.87. The second kappa shape index (κ2) is 4.70. The molecule has 0 unspecified atom stereocenters. The predicted molar refractivity (Wildman–Crippen MR) is 67.9 cm³/mol. The molecule has 2 aromatic rings. The minimum absolute atomic E-state index is 0.397. The van der Waals surface area contributed by atoms with Gasteiger partial charge in [-0.3, -0.25) is 9.59 Å². The normalized spacial score (nSPS) is 10.6. The molecule has 0 fully saturated rings. The van der Waals surface area contributed by atoms with Gasteiger partial charge in [0.1, 0.15) is 12.2 Å². The number of nitrogens with one attached hydrogen (secondary N) is 1. The Morgan fingerprint density at radius 3 is 2.78 bits per heavy atom. The Bertz CT molecular complexity index is 634. The van der Waals surface area contributed by atoms with Crippen LogP contribution in [0, 0.1) is 0 Å². The number of rotatable bonds is 3. The van der Waals surface area contributed by atoms with Gasteiger partial charge in [-0.25, -0.2) is 0 Å². The number of amides is 1. The predicted octanol–water partition coefficient (Wildman–Crippen LogP) is 1.65. The van der Waals surface area contributed by atoms with Crippen LogP contribution in [-0.4, -0.2) is 28.1 Å². The van der Waals surface area contributed by atoms with Crippen LogP contribution >= 0.6 is 11.6 Å². The van der Waals surface area contributed by atoms with Crippen LogP contribution in [0.4, 0.5) is 0 Å². The number of carbonyl (C=O) groups excluding carboxylic acids is 1. The van der Waals surface area contributed by atoms with Crippen LogP contribution < -0.4 is 5.32 Å². The lowest BCUT2D eigenvalue weighted by atomic mass is 10.2. The van der Waals surface area contributed by atoms with Crippen LogP contribution in [0.5, 0.6) is 0 Å². The molecule has 18 heavy (non-hydrogen) atoms. The fourth-order valence-electron chi connectivity index (χ4n) is 1.78. The topological polar surface area (TPSA) is 71.3 Å². The Labute approximate surface area is 108 Å². The number of hydrogen-bond acceptors (Lipinski definition) is 2. The van der Waals surface area contributed by atoms with E-state index in [-0.39, 0.29) is 0 Å². The number of halogens is 1. The van der Waals surface area contributed by atoms with E-state index in [9.17, 15) is 9.59 Å². The molecule has 0 saturated carbocycles. The van der Waals surface area contributed by atoms with E-state index in [2.05, 4.69) is 5.32 Å². The molecule has 1 heterocycles. The highest BCUT2D eigenvalue weighted by molar-refractivity contribution is 6.31. The molecule has 0 bridgehead atoms. The van der Waals surface area contributed by atoms with Crippen LogP contribution in [0.15, 0.2) is 24.3 Å². The first kappa shape index (κ1) is 12.4. The first-order valence-corrected chi connectivity index (χ1v) is 5.62. The van der Waals surface area contributed by atoms with Gasteiger partial charge in [0.25, 0.3) is 5.91 Å². The van der Waals surface area contributed by atoms with Gasteiger partial charge in [-0.15, -0.1) is 0 Å². The number of nitrogens with zero attached hydrogens (tertiary/aromatic N) is 1. The number of aryl methyl sites for hydroxylation is 1. The molecule has 0 aliphatic rings. The highest BCUT2D eigenvalue weighted by Crippen LogP contribution is 2.22. The maximum Gasteiger partial charge on any atom is 0.322 e. The molecule has 5 nitrogen and oxygen atoms in total. The standard InChI is InChI=1S/C12H11ClN2O3/c1-15-9-3-2-8(13)4-7(9)5-10(15)12(18)14-6-11(16)17/h2-5H,6H2,1H3,(H,14,18)(H,16,17). The van der Waals surface area contributed by atoms with E-state index in [1.165, 1.54) is 0 Å². The van der Waals surface area contributed by atoms with Crippen LogP contribution in [0.2, 0.25) is 5.02 Å². The van der Waals surface area contributed by atoms with Crippen molar-refractivity contribution in [2.24, 2.45) is 7.05 Å². The van der Waals surface area contributed by atoms with Gasteiger partial charge in [-0.1, -0.05) is 11.6 Å². The van der Waals surface area contributed by atoms with Gasteiger partial charge in [0.15, 0.2) is 0 Å². The third kappa shape index (κ3) is 2.31. The number of fused-ring (bicyclic) bond motifs is 1. The SMILES string of the molecule is Cn1c(C(=O)NCC(=O)O)cc2cc(Cl)ccc21. The Hall–Kier alpha value is -2.01. The summed E-state index contributed by atoms with van der Waals surface area (Å²) in [6, 6.07) is 6.98. The smallest absolute Gasteiger partial charge is 0.322 e. The van der Waals surface area contributed by atoms with E-state index >= 15 is 0 Å². The van der Waals surface area contributed by atoms with Gasteiger partial charge in [0.2, 0.25) is 0 Å². The van der Waals surface area contributed by atoms with Crippen LogP contribution in [0.1, 0.15) is 10.5 Å². The Balaban J connectivity index is 2.36. The molecular formula is C12H11ClN2O3. The molecule has 6 heteroatoms. The molecule has 0 aliphatic heterocycles. The quantitative estimate of drug-likeness (QED) is 0.887. The van der Waals surface area contributed by atoms with Crippen molar-refractivity contribution >= 4 is 34.4 Å². The Morgan fingerprint density at radius 1 is 1.39 bits per heavy atom. The maximum atomic E-state index is 11.8. The summed E-state index contributed by atoms with van der Waals surface area (Å²) >= 11 is 5.88. The van der Waals surface area contributed by atoms with Crippen LogP contribution in [0.25, 0.3) is 10.9 Å². The number of aromatic nitrogens is 1. The average molecular weight is 267 g/mol. The van der Waals surface area contributed by atoms with E-state index in [0.717, 1.165) is 10.9 Å². The van der Waals surface area contributed by atoms with E-state index in [0.29, 0.717) is 10.7 Å². The molecule has 0 spiro atoms. The van der Waals surface area contributed by atoms with E-state index in [1.807, 2.05) is 6.07 Å². The van der Waals surface area contributed by atoms with Gasteiger partial charge in [-0.05, 0) is 24.3 Å². The fourth-order valence-corrected chi connectivity index (χ4v) is 1.97. The molecule has 0 radical (unpaired) electrons. The number of hydrogen-bond donors (Lipinski definition) is 2. The van der Waals surface area contributed by atoms with Gasteiger partial charge in [0.05, 0.1) is 0 Å². The number of benzene rings is 1. The summed E-state index contributed by atoms with van der Waals surface area (Å²) in [5, 5.41) is 12.3. The monoisotopic (exact) mass is 266 g/mol. The number of carboxylic acid groups (broad SMARTS) is 1. The molecule has 0 saturated heterocycles. The summed E-state index contributed by atoms with van der Waals surface area (Å²) in [5.74, 6) is -1.50. The van der Waals surface area contributed by atoms with Gasteiger partial charge >= 0.3 is 5.97 Å². The zero-order valence-electron chi connectivity index (χ0n) is 9.61. The van der Waals surface area contributed by atoms with Crippen molar-refractivity contribution in [3.63, 3.8) is 0 Å². The fraction of sp³-hybridized carbons (Fsp3) is 0.167. The summed E-state index contributed by atoms with van der Waals surface area (Å²) in [4.78, 5) is 22.2. The van der Waals surface area contributed by atoms with E-state index in [1.54, 1.807) is 29.8 Å². The van der Waals surface area contributed by atoms with Crippen molar-refractivity contribution in [2.45, 2.75) is 0 Å². The number of carboxylic acids is 1. The zero-order valence-corrected chi connectivity index (χ0v) is 10.4. The van der Waals surface area contributed by atoms with Crippen molar-refractivity contribution in [1.82, 2.24) is 9.88 Å². The number of aliphatic carboxylic acids is 1. The van der Waals surface area contributed by atoms with E-state index < -0.39 is 18.4 Å². The van der Waals surface area contributed by atoms with Gasteiger partial charge in [0, 0.05) is 23.0 Å². The highest BCUT2D eigenvalue weighted by Gasteiger charge is 2.13. The Kier molecular flexibility index (Phi) is 3.25. The largest absolute Gasteiger partial charge is 0.480 e. The summed E-state index contributed by atoms with van der Waals surface area (Å²) in [7, 11) is 1.74. The zero-order chi connectivity index (χ0) is 13.3. The number of carbonyl (C=O) groups is 2. The van der Waals surface area contributed by atoms with Crippen molar-refractivity contribution in [3.8, 4) is 0 Å². The van der Waals surface area contributed by atoms with Gasteiger partial charge in [-0.2, -0.15) is 0 Å². The lowest BCUT2D eigenvalue weighted by Crippen LogP contribution is -2.30. The third-order valence-electron chi connectivity index (χ3n) is 2.64. The van der Waals surface area contributed by atoms with Crippen molar-refractivity contribution in [2.75, 3.05) is 6.54 Å². The summed E-state index contributed by atoms with van der Waals surface area (Å²) in [5.41, 5.74) is 1.26. The first-order chi connectivity index (χ1) is 8.49. The Morgan fingerprint density at radius 2 is 2.11 bits per heavy atom. The average Bonchev–Trinajstić information content (AvgIpc) is 2.63. The van der Waals surface area contributed by atoms with Crippen molar-refractivity contribution in [1.29, 1.82) is 0 Å². The molecule has 1 aromatic heterocycles. The summed E-state index contributed by atoms with van der Waals surface area (Å²) in [6.07, 6.45) is 0. The molecule has 94 valence electrons. The molecule has 2 rings (SSSR count). The van der Waals surface area contributed by atoms with Crippen molar-refractivity contribution < 1.29 is 14.7 Å². The maximum absolute atomic E-state index is 11.8. The van der Waals surface area contributed by atoms with Crippen LogP contribution in [-0.2, 0) is 11.8 Å². The molecule has 0 aliphatic carbocycles. The molecule has 0 atom stereocenters. The van der Waals surface area contributed by atoms with Gasteiger partial charge < -0.3 is 15.0 Å².